The SMILES string of the molecule is CC(C)c1cc(B2OC(C)(C)C(C)(C)O2)ccc1F. The van der Waals surface area contributed by atoms with Crippen LogP contribution in [0.25, 0.3) is 0 Å². The summed E-state index contributed by atoms with van der Waals surface area (Å²) in [5.74, 6) is -0.0300. The lowest BCUT2D eigenvalue weighted by Gasteiger charge is -2.32. The molecule has 0 amide bonds. The van der Waals surface area contributed by atoms with Crippen LogP contribution in [0.5, 0.6) is 0 Å². The monoisotopic (exact) mass is 264 g/mol. The van der Waals surface area contributed by atoms with E-state index in [0.717, 1.165) is 5.46 Å². The molecule has 0 spiro atoms. The zero-order valence-electron chi connectivity index (χ0n) is 12.6. The minimum Gasteiger partial charge on any atom is -0.399 e. The standard InChI is InChI=1S/C15H22BFO2/c1-10(2)12-9-11(7-8-13(12)17)16-18-14(3,4)15(5,6)19-16/h7-10H,1-6H3. The quantitative estimate of drug-likeness (QED) is 0.763. The van der Waals surface area contributed by atoms with Crippen LogP contribution >= 0.6 is 0 Å². The first-order valence-electron chi connectivity index (χ1n) is 6.79. The first-order valence-corrected chi connectivity index (χ1v) is 6.79. The summed E-state index contributed by atoms with van der Waals surface area (Å²) in [7, 11) is -0.428. The van der Waals surface area contributed by atoms with E-state index in [1.54, 1.807) is 6.07 Å². The van der Waals surface area contributed by atoms with Gasteiger partial charge in [-0.25, -0.2) is 4.39 Å². The third kappa shape index (κ3) is 2.56. The van der Waals surface area contributed by atoms with Crippen LogP contribution in [-0.2, 0) is 9.31 Å². The first kappa shape index (κ1) is 14.5. The van der Waals surface area contributed by atoms with Crippen LogP contribution in [0.2, 0.25) is 0 Å². The summed E-state index contributed by atoms with van der Waals surface area (Å²) in [6.45, 7) is 12.0. The molecule has 0 atom stereocenters. The van der Waals surface area contributed by atoms with Gasteiger partial charge in [0.1, 0.15) is 5.82 Å². The fourth-order valence-electron chi connectivity index (χ4n) is 2.13. The van der Waals surface area contributed by atoms with Gasteiger partial charge in [0.05, 0.1) is 11.2 Å². The van der Waals surface area contributed by atoms with Gasteiger partial charge < -0.3 is 9.31 Å². The van der Waals surface area contributed by atoms with Gasteiger partial charge in [-0.05, 0) is 50.7 Å². The molecule has 0 bridgehead atoms. The Hall–Kier alpha value is -0.865. The molecule has 2 nitrogen and oxygen atoms in total. The van der Waals surface area contributed by atoms with E-state index in [4.69, 9.17) is 9.31 Å². The van der Waals surface area contributed by atoms with Crippen LogP contribution in [0.4, 0.5) is 4.39 Å². The van der Waals surface area contributed by atoms with Crippen molar-refractivity contribution in [3.63, 3.8) is 0 Å². The molecule has 1 aliphatic heterocycles. The van der Waals surface area contributed by atoms with E-state index in [1.165, 1.54) is 6.07 Å². The fraction of sp³-hybridized carbons (Fsp3) is 0.600. The number of rotatable bonds is 2. The Balaban J connectivity index is 2.32. The Morgan fingerprint density at radius 3 is 2.05 bits per heavy atom. The molecule has 0 unspecified atom stereocenters. The van der Waals surface area contributed by atoms with E-state index in [9.17, 15) is 4.39 Å². The molecule has 1 fully saturated rings. The average Bonchev–Trinajstić information content (AvgIpc) is 2.48. The van der Waals surface area contributed by atoms with E-state index in [1.807, 2.05) is 47.6 Å². The molecule has 2 rings (SSSR count). The molecule has 19 heavy (non-hydrogen) atoms. The molecule has 1 aliphatic rings. The highest BCUT2D eigenvalue weighted by molar-refractivity contribution is 6.62. The molecule has 1 saturated heterocycles. The maximum Gasteiger partial charge on any atom is 0.494 e. The van der Waals surface area contributed by atoms with Crippen LogP contribution in [-0.4, -0.2) is 18.3 Å². The van der Waals surface area contributed by atoms with E-state index >= 15 is 0 Å². The van der Waals surface area contributed by atoms with E-state index in [2.05, 4.69) is 0 Å². The molecule has 4 heteroatoms. The summed E-state index contributed by atoms with van der Waals surface area (Å²) in [5.41, 5.74) is 0.838. The lowest BCUT2D eigenvalue weighted by Crippen LogP contribution is -2.41. The predicted molar refractivity (Wildman–Crippen MR) is 76.2 cm³/mol. The minimum absolute atomic E-state index is 0.141. The largest absolute Gasteiger partial charge is 0.494 e. The zero-order valence-corrected chi connectivity index (χ0v) is 12.6. The van der Waals surface area contributed by atoms with Crippen molar-refractivity contribution in [1.82, 2.24) is 0 Å². The summed E-state index contributed by atoms with van der Waals surface area (Å²) in [5, 5.41) is 0. The van der Waals surface area contributed by atoms with Crippen LogP contribution in [0, 0.1) is 5.82 Å². The summed E-state index contributed by atoms with van der Waals surface area (Å²) in [6, 6.07) is 5.08. The molecular weight excluding hydrogens is 242 g/mol. The Bertz CT molecular complexity index is 467. The van der Waals surface area contributed by atoms with Gasteiger partial charge in [-0.3, -0.25) is 0 Å². The molecule has 0 N–H and O–H groups in total. The highest BCUT2D eigenvalue weighted by Crippen LogP contribution is 2.36. The molecule has 0 radical (unpaired) electrons. The van der Waals surface area contributed by atoms with Gasteiger partial charge in [-0.1, -0.05) is 26.0 Å². The smallest absolute Gasteiger partial charge is 0.399 e. The fourth-order valence-corrected chi connectivity index (χ4v) is 2.13. The molecular formula is C15H22BFO2. The third-order valence-corrected chi connectivity index (χ3v) is 4.17. The second kappa shape index (κ2) is 4.60. The molecule has 1 aromatic rings. The van der Waals surface area contributed by atoms with Gasteiger partial charge >= 0.3 is 7.12 Å². The van der Waals surface area contributed by atoms with Crippen molar-refractivity contribution in [1.29, 1.82) is 0 Å². The normalized spacial score (nSPS) is 21.2. The summed E-state index contributed by atoms with van der Waals surface area (Å²) in [4.78, 5) is 0. The molecule has 0 aromatic heterocycles. The maximum atomic E-state index is 13.7. The van der Waals surface area contributed by atoms with E-state index in [-0.39, 0.29) is 22.9 Å². The van der Waals surface area contributed by atoms with Crippen molar-refractivity contribution in [2.45, 2.75) is 58.7 Å². The lowest BCUT2D eigenvalue weighted by molar-refractivity contribution is 0.00578. The van der Waals surface area contributed by atoms with Gasteiger partial charge in [0.25, 0.3) is 0 Å². The highest BCUT2D eigenvalue weighted by atomic mass is 19.1. The van der Waals surface area contributed by atoms with Crippen molar-refractivity contribution in [3.05, 3.63) is 29.6 Å². The van der Waals surface area contributed by atoms with E-state index < -0.39 is 7.12 Å². The molecule has 1 aromatic carbocycles. The van der Waals surface area contributed by atoms with Crippen molar-refractivity contribution in [2.24, 2.45) is 0 Å². The summed E-state index contributed by atoms with van der Waals surface area (Å²) < 4.78 is 25.7. The van der Waals surface area contributed by atoms with Crippen LogP contribution in [0.1, 0.15) is 53.0 Å². The second-order valence-electron chi connectivity index (χ2n) is 6.52. The van der Waals surface area contributed by atoms with Crippen LogP contribution in [0.15, 0.2) is 18.2 Å². The van der Waals surface area contributed by atoms with Gasteiger partial charge in [-0.2, -0.15) is 0 Å². The number of hydrogen-bond acceptors (Lipinski definition) is 2. The van der Waals surface area contributed by atoms with Crippen molar-refractivity contribution in [3.8, 4) is 0 Å². The van der Waals surface area contributed by atoms with Gasteiger partial charge in [0.2, 0.25) is 0 Å². The summed E-state index contributed by atoms with van der Waals surface area (Å²) in [6.07, 6.45) is 0. The van der Waals surface area contributed by atoms with Gasteiger partial charge in [0, 0.05) is 0 Å². The number of hydrogen-bond donors (Lipinski definition) is 0. The number of halogens is 1. The minimum atomic E-state index is -0.428. The molecule has 0 saturated carbocycles. The zero-order chi connectivity index (χ0) is 14.4. The lowest BCUT2D eigenvalue weighted by atomic mass is 9.77. The van der Waals surface area contributed by atoms with Crippen molar-refractivity contribution >= 4 is 12.6 Å². The Labute approximate surface area is 115 Å². The third-order valence-electron chi connectivity index (χ3n) is 4.17. The molecule has 0 aliphatic carbocycles. The second-order valence-corrected chi connectivity index (χ2v) is 6.52. The van der Waals surface area contributed by atoms with Crippen LogP contribution < -0.4 is 5.46 Å². The van der Waals surface area contributed by atoms with Gasteiger partial charge in [-0.15, -0.1) is 0 Å². The van der Waals surface area contributed by atoms with E-state index in [0.29, 0.717) is 5.56 Å². The Kier molecular flexibility index (Phi) is 3.52. The predicted octanol–water partition coefficient (Wildman–Crippen LogP) is 3.25. The Morgan fingerprint density at radius 1 is 1.05 bits per heavy atom. The Morgan fingerprint density at radius 2 is 1.58 bits per heavy atom. The topological polar surface area (TPSA) is 18.5 Å². The summed E-state index contributed by atoms with van der Waals surface area (Å²) >= 11 is 0. The van der Waals surface area contributed by atoms with Crippen LogP contribution in [0.3, 0.4) is 0 Å². The molecule has 1 heterocycles. The average molecular weight is 264 g/mol. The highest BCUT2D eigenvalue weighted by Gasteiger charge is 2.51. The molecule has 104 valence electrons. The number of benzene rings is 1. The van der Waals surface area contributed by atoms with Crippen molar-refractivity contribution < 1.29 is 13.7 Å². The maximum absolute atomic E-state index is 13.7. The first-order chi connectivity index (χ1) is 8.64. The van der Waals surface area contributed by atoms with Crippen molar-refractivity contribution in [2.75, 3.05) is 0 Å². The van der Waals surface area contributed by atoms with Gasteiger partial charge in [0.15, 0.2) is 0 Å².